The van der Waals surface area contributed by atoms with Gasteiger partial charge in [-0.15, -0.1) is 0 Å². The van der Waals surface area contributed by atoms with Gasteiger partial charge in [-0.05, 0) is 39.2 Å². The van der Waals surface area contributed by atoms with Crippen molar-refractivity contribution in [2.75, 3.05) is 26.2 Å². The second kappa shape index (κ2) is 7.77. The third-order valence-electron chi connectivity index (χ3n) is 4.57. The van der Waals surface area contributed by atoms with Gasteiger partial charge in [-0.25, -0.2) is 0 Å². The number of nitrogens with zero attached hydrogens (tertiary/aromatic N) is 2. The molecule has 1 unspecified atom stereocenters. The molecule has 2 saturated heterocycles. The lowest BCUT2D eigenvalue weighted by molar-refractivity contribution is -0.134. The van der Waals surface area contributed by atoms with Gasteiger partial charge in [0.1, 0.15) is 5.78 Å². The molecule has 0 aliphatic carbocycles. The summed E-state index contributed by atoms with van der Waals surface area (Å²) in [6.07, 6.45) is 8.79. The molecule has 0 bridgehead atoms. The number of amides is 1. The highest BCUT2D eigenvalue weighted by molar-refractivity contribution is 5.79. The van der Waals surface area contributed by atoms with E-state index in [-0.39, 0.29) is 17.7 Å². The Bertz CT molecular complexity index is 335. The van der Waals surface area contributed by atoms with Gasteiger partial charge in [0.05, 0.1) is 6.54 Å². The smallest absolute Gasteiger partial charge is 0.236 e. The van der Waals surface area contributed by atoms with Gasteiger partial charge in [-0.3, -0.25) is 14.5 Å². The van der Waals surface area contributed by atoms with Crippen LogP contribution in [0, 0.1) is 0 Å². The largest absolute Gasteiger partial charge is 0.342 e. The van der Waals surface area contributed by atoms with Crippen LogP contribution in [-0.4, -0.2) is 53.7 Å². The Hall–Kier alpha value is -0.900. The van der Waals surface area contributed by atoms with Crippen LogP contribution in [0.5, 0.6) is 0 Å². The molecular weight excluding hydrogens is 252 g/mol. The van der Waals surface area contributed by atoms with E-state index >= 15 is 0 Å². The topological polar surface area (TPSA) is 40.6 Å². The van der Waals surface area contributed by atoms with Gasteiger partial charge in [0, 0.05) is 25.6 Å². The number of hydrogen-bond donors (Lipinski definition) is 0. The fraction of sp³-hybridized carbons (Fsp3) is 0.875. The molecular formula is C16H28N2O2. The van der Waals surface area contributed by atoms with E-state index < -0.39 is 0 Å². The molecule has 0 aromatic rings. The molecule has 1 amide bonds. The molecule has 4 heteroatoms. The van der Waals surface area contributed by atoms with Crippen LogP contribution in [0.25, 0.3) is 0 Å². The van der Waals surface area contributed by atoms with E-state index in [1.807, 2.05) is 4.90 Å². The first-order valence-corrected chi connectivity index (χ1v) is 8.18. The molecule has 4 nitrogen and oxygen atoms in total. The molecule has 0 N–H and O–H groups in total. The van der Waals surface area contributed by atoms with Crippen molar-refractivity contribution in [1.82, 2.24) is 9.80 Å². The third kappa shape index (κ3) is 4.58. The van der Waals surface area contributed by atoms with Gasteiger partial charge in [-0.1, -0.05) is 19.3 Å². The van der Waals surface area contributed by atoms with Crippen LogP contribution in [0.4, 0.5) is 0 Å². The maximum absolute atomic E-state index is 12.4. The van der Waals surface area contributed by atoms with E-state index in [0.717, 1.165) is 45.3 Å². The van der Waals surface area contributed by atoms with E-state index in [1.54, 1.807) is 6.92 Å². The highest BCUT2D eigenvalue weighted by Gasteiger charge is 2.27. The molecule has 2 heterocycles. The second-order valence-electron chi connectivity index (χ2n) is 6.32. The van der Waals surface area contributed by atoms with Crippen molar-refractivity contribution in [3.8, 4) is 0 Å². The molecule has 1 atom stereocenters. The highest BCUT2D eigenvalue weighted by Crippen LogP contribution is 2.20. The molecule has 2 aliphatic rings. The van der Waals surface area contributed by atoms with Crippen LogP contribution in [0.2, 0.25) is 0 Å². The van der Waals surface area contributed by atoms with E-state index in [4.69, 9.17) is 0 Å². The zero-order valence-corrected chi connectivity index (χ0v) is 12.8. The van der Waals surface area contributed by atoms with Gasteiger partial charge >= 0.3 is 0 Å². The average Bonchev–Trinajstić information content (AvgIpc) is 2.69. The Kier molecular flexibility index (Phi) is 6.02. The van der Waals surface area contributed by atoms with Crippen molar-refractivity contribution in [3.63, 3.8) is 0 Å². The van der Waals surface area contributed by atoms with E-state index in [1.165, 1.54) is 19.3 Å². The Labute approximate surface area is 122 Å². The van der Waals surface area contributed by atoms with Crippen LogP contribution < -0.4 is 0 Å². The van der Waals surface area contributed by atoms with Crippen molar-refractivity contribution in [1.29, 1.82) is 0 Å². The summed E-state index contributed by atoms with van der Waals surface area (Å²) in [7, 11) is 0. The maximum Gasteiger partial charge on any atom is 0.236 e. The fourth-order valence-corrected chi connectivity index (χ4v) is 3.42. The van der Waals surface area contributed by atoms with Crippen LogP contribution in [0.3, 0.4) is 0 Å². The first kappa shape index (κ1) is 15.5. The standard InChI is InChI=1S/C16H28N2O2/c1-14(19)12-15-8-4-7-11-18(15)13-16(20)17-9-5-2-3-6-10-17/h15H,2-13H2,1H3. The molecule has 2 fully saturated rings. The number of carbonyl (C=O) groups is 2. The minimum absolute atomic E-state index is 0.240. The molecule has 2 rings (SSSR count). The van der Waals surface area contributed by atoms with Gasteiger partial charge in [0.15, 0.2) is 0 Å². The number of Topliss-reactive ketones (excluding diaryl/α,β-unsaturated/α-hetero) is 1. The minimum Gasteiger partial charge on any atom is -0.342 e. The average molecular weight is 280 g/mol. The summed E-state index contributed by atoms with van der Waals surface area (Å²) in [5.41, 5.74) is 0. The van der Waals surface area contributed by atoms with Crippen molar-refractivity contribution in [3.05, 3.63) is 0 Å². The monoisotopic (exact) mass is 280 g/mol. The quantitative estimate of drug-likeness (QED) is 0.793. The van der Waals surface area contributed by atoms with Crippen molar-refractivity contribution in [2.45, 2.75) is 64.3 Å². The number of likely N-dealkylation sites (tertiary alicyclic amines) is 2. The van der Waals surface area contributed by atoms with E-state index in [2.05, 4.69) is 4.90 Å². The van der Waals surface area contributed by atoms with E-state index in [0.29, 0.717) is 13.0 Å². The normalized spacial score (nSPS) is 25.2. The van der Waals surface area contributed by atoms with Crippen molar-refractivity contribution in [2.24, 2.45) is 0 Å². The van der Waals surface area contributed by atoms with Crippen LogP contribution in [0.15, 0.2) is 0 Å². The molecule has 2 aliphatic heterocycles. The van der Waals surface area contributed by atoms with E-state index in [9.17, 15) is 9.59 Å². The number of carbonyl (C=O) groups excluding carboxylic acids is 2. The lowest BCUT2D eigenvalue weighted by Gasteiger charge is -2.36. The number of ketones is 1. The summed E-state index contributed by atoms with van der Waals surface area (Å²) in [4.78, 5) is 28.1. The molecule has 114 valence electrons. The van der Waals surface area contributed by atoms with Gasteiger partial charge in [0.25, 0.3) is 0 Å². The summed E-state index contributed by atoms with van der Waals surface area (Å²) >= 11 is 0. The predicted molar refractivity (Wildman–Crippen MR) is 79.6 cm³/mol. The minimum atomic E-state index is 0.240. The number of rotatable bonds is 4. The van der Waals surface area contributed by atoms with Crippen LogP contribution in [0.1, 0.15) is 58.3 Å². The van der Waals surface area contributed by atoms with Gasteiger partial charge in [-0.2, -0.15) is 0 Å². The maximum atomic E-state index is 12.4. The highest BCUT2D eigenvalue weighted by atomic mass is 16.2. The lowest BCUT2D eigenvalue weighted by Crippen LogP contribution is -2.47. The Morgan fingerprint density at radius 1 is 0.950 bits per heavy atom. The summed E-state index contributed by atoms with van der Waals surface area (Å²) in [5.74, 6) is 0.506. The van der Waals surface area contributed by atoms with Crippen molar-refractivity contribution >= 4 is 11.7 Å². The summed E-state index contributed by atoms with van der Waals surface area (Å²) in [5, 5.41) is 0. The summed E-state index contributed by atoms with van der Waals surface area (Å²) in [6.45, 7) is 4.98. The molecule has 0 saturated carbocycles. The van der Waals surface area contributed by atoms with Crippen LogP contribution in [-0.2, 0) is 9.59 Å². The summed E-state index contributed by atoms with van der Waals surface area (Å²) < 4.78 is 0. The molecule has 0 aromatic carbocycles. The number of hydrogen-bond acceptors (Lipinski definition) is 3. The fourth-order valence-electron chi connectivity index (χ4n) is 3.42. The molecule has 0 spiro atoms. The summed E-state index contributed by atoms with van der Waals surface area (Å²) in [6, 6.07) is 0.289. The predicted octanol–water partition coefficient (Wildman–Crippen LogP) is 2.22. The zero-order chi connectivity index (χ0) is 14.4. The SMILES string of the molecule is CC(=O)CC1CCCCN1CC(=O)N1CCCCCC1. The zero-order valence-electron chi connectivity index (χ0n) is 12.8. The van der Waals surface area contributed by atoms with Gasteiger partial charge in [0.2, 0.25) is 5.91 Å². The van der Waals surface area contributed by atoms with Gasteiger partial charge < -0.3 is 4.90 Å². The Morgan fingerprint density at radius 3 is 2.25 bits per heavy atom. The third-order valence-corrected chi connectivity index (χ3v) is 4.57. The molecule has 0 radical (unpaired) electrons. The van der Waals surface area contributed by atoms with Crippen molar-refractivity contribution < 1.29 is 9.59 Å². The Morgan fingerprint density at radius 2 is 1.60 bits per heavy atom. The van der Waals surface area contributed by atoms with Crippen LogP contribution >= 0.6 is 0 Å². The molecule has 0 aromatic heterocycles. The first-order chi connectivity index (χ1) is 9.66. The lowest BCUT2D eigenvalue weighted by atomic mass is 9.98. The second-order valence-corrected chi connectivity index (χ2v) is 6.32. The molecule has 20 heavy (non-hydrogen) atoms. The first-order valence-electron chi connectivity index (χ1n) is 8.18. The Balaban J connectivity index is 1.88. The number of piperidine rings is 1.